The molecule has 2 fully saturated rings. The average molecular weight is 435 g/mol. The Hall–Kier alpha value is -2.15. The van der Waals surface area contributed by atoms with Crippen LogP contribution in [-0.4, -0.2) is 22.6 Å². The van der Waals surface area contributed by atoms with Gasteiger partial charge in [-0.2, -0.15) is 0 Å². The molecule has 8 heteroatoms. The van der Waals surface area contributed by atoms with Crippen LogP contribution in [0.1, 0.15) is 30.0 Å². The Balaban J connectivity index is 0.00000205. The van der Waals surface area contributed by atoms with Gasteiger partial charge in [-0.25, -0.2) is 9.37 Å². The largest absolute Gasteiger partial charge is 0.373 e. The Morgan fingerprint density at radius 2 is 2.07 bits per heavy atom. The number of fused-ring (bicyclic) bond motifs is 1. The Labute approximate surface area is 178 Å². The number of aromatic nitrogens is 2. The van der Waals surface area contributed by atoms with E-state index in [9.17, 15) is 9.18 Å². The van der Waals surface area contributed by atoms with Gasteiger partial charge in [-0.15, -0.1) is 12.4 Å². The number of benzene rings is 2. The van der Waals surface area contributed by atoms with Crippen LogP contribution in [0.2, 0.25) is 5.02 Å². The predicted octanol–water partition coefficient (Wildman–Crippen LogP) is 4.16. The Morgan fingerprint density at radius 1 is 1.31 bits per heavy atom. The first-order valence-corrected chi connectivity index (χ1v) is 9.81. The van der Waals surface area contributed by atoms with Crippen LogP contribution < -0.4 is 16.2 Å². The summed E-state index contributed by atoms with van der Waals surface area (Å²) < 4.78 is 16.3. The van der Waals surface area contributed by atoms with E-state index in [1.807, 2.05) is 25.1 Å². The maximum atomic E-state index is 14.7. The van der Waals surface area contributed by atoms with E-state index in [0.717, 1.165) is 24.0 Å². The first-order valence-electron chi connectivity index (χ1n) is 9.43. The fourth-order valence-electron chi connectivity index (χ4n) is 4.01. The summed E-state index contributed by atoms with van der Waals surface area (Å²) in [6, 6.07) is 9.14. The van der Waals surface area contributed by atoms with Gasteiger partial charge in [-0.3, -0.25) is 9.36 Å². The summed E-state index contributed by atoms with van der Waals surface area (Å²) in [5, 5.41) is 7.76. The topological polar surface area (TPSA) is 59.0 Å². The minimum Gasteiger partial charge on any atom is -0.373 e. The minimum atomic E-state index is -0.495. The van der Waals surface area contributed by atoms with E-state index >= 15 is 0 Å². The van der Waals surface area contributed by atoms with Gasteiger partial charge in [0.25, 0.3) is 5.56 Å². The van der Waals surface area contributed by atoms with Gasteiger partial charge in [0.15, 0.2) is 5.82 Å². The third-order valence-corrected chi connectivity index (χ3v) is 6.21. The predicted molar refractivity (Wildman–Crippen MR) is 116 cm³/mol. The summed E-state index contributed by atoms with van der Waals surface area (Å²) in [5.74, 6) is -0.495. The van der Waals surface area contributed by atoms with Gasteiger partial charge in [0.2, 0.25) is 0 Å². The first-order chi connectivity index (χ1) is 13.5. The molecule has 3 aromatic rings. The van der Waals surface area contributed by atoms with E-state index in [0.29, 0.717) is 29.2 Å². The van der Waals surface area contributed by atoms with Crippen LogP contribution in [0, 0.1) is 12.7 Å². The van der Waals surface area contributed by atoms with Crippen molar-refractivity contribution in [2.45, 2.75) is 31.3 Å². The molecule has 0 amide bonds. The van der Waals surface area contributed by atoms with Crippen LogP contribution in [0.25, 0.3) is 10.9 Å². The molecule has 1 aliphatic carbocycles. The van der Waals surface area contributed by atoms with Crippen LogP contribution in [0.4, 0.5) is 10.1 Å². The summed E-state index contributed by atoms with van der Waals surface area (Å²) in [6.07, 6.45) is 3.40. The fraction of sp³-hybridized carbons (Fsp3) is 0.333. The number of halogens is 3. The molecule has 29 heavy (non-hydrogen) atoms. The van der Waals surface area contributed by atoms with Crippen molar-refractivity contribution in [3.63, 3.8) is 0 Å². The lowest BCUT2D eigenvalue weighted by atomic mass is 9.81. The van der Waals surface area contributed by atoms with E-state index in [1.165, 1.54) is 12.4 Å². The second-order valence-corrected chi connectivity index (χ2v) is 8.17. The SMILES string of the molecule is Cc1c(Cl)cccc1C1(Nc2cc(F)c3ncn(C4CC4)c(=O)c3c2)CNC1.Cl. The highest BCUT2D eigenvalue weighted by Crippen LogP contribution is 2.36. The zero-order valence-corrected chi connectivity index (χ0v) is 17.4. The molecule has 1 aliphatic heterocycles. The smallest absolute Gasteiger partial charge is 0.261 e. The maximum Gasteiger partial charge on any atom is 0.261 e. The number of nitrogens with one attached hydrogen (secondary N) is 2. The first kappa shape index (κ1) is 20.1. The number of hydrogen-bond donors (Lipinski definition) is 2. The molecule has 5 nitrogen and oxygen atoms in total. The lowest BCUT2D eigenvalue weighted by Crippen LogP contribution is -2.61. The zero-order valence-electron chi connectivity index (χ0n) is 15.8. The number of hydrogen-bond acceptors (Lipinski definition) is 4. The fourth-order valence-corrected chi connectivity index (χ4v) is 4.19. The van der Waals surface area contributed by atoms with Gasteiger partial charge in [0.1, 0.15) is 5.52 Å². The van der Waals surface area contributed by atoms with Crippen LogP contribution >= 0.6 is 24.0 Å². The van der Waals surface area contributed by atoms with E-state index in [1.54, 1.807) is 10.6 Å². The second kappa shape index (κ2) is 7.27. The second-order valence-electron chi connectivity index (χ2n) is 7.77. The molecule has 0 radical (unpaired) electrons. The monoisotopic (exact) mass is 434 g/mol. The molecule has 0 unspecified atom stereocenters. The number of anilines is 1. The summed E-state index contributed by atoms with van der Waals surface area (Å²) in [5.41, 5.74) is 2.17. The highest BCUT2D eigenvalue weighted by Gasteiger charge is 2.40. The van der Waals surface area contributed by atoms with Crippen LogP contribution in [-0.2, 0) is 5.54 Å². The van der Waals surface area contributed by atoms with Crippen molar-refractivity contribution >= 4 is 40.6 Å². The molecule has 2 N–H and O–H groups in total. The lowest BCUT2D eigenvalue weighted by molar-refractivity contribution is 0.316. The van der Waals surface area contributed by atoms with Crippen molar-refractivity contribution in [3.05, 3.63) is 69.0 Å². The zero-order chi connectivity index (χ0) is 19.5. The minimum absolute atomic E-state index is 0. The molecule has 2 heterocycles. The lowest BCUT2D eigenvalue weighted by Gasteiger charge is -2.45. The normalized spacial score (nSPS) is 17.5. The van der Waals surface area contributed by atoms with Gasteiger partial charge < -0.3 is 10.6 Å². The Bertz CT molecular complexity index is 1160. The molecule has 1 saturated carbocycles. The summed E-state index contributed by atoms with van der Waals surface area (Å²) >= 11 is 6.32. The standard InChI is InChI=1S/C21H20ClFN4O.ClH/c1-12-16(3-2-4-17(12)22)21(9-24-10-21)26-13-7-15-19(18(23)8-13)25-11-27(20(15)28)14-5-6-14;/h2-4,7-8,11,14,24,26H,5-6,9-10H2,1H3;1H. The van der Waals surface area contributed by atoms with E-state index in [2.05, 4.69) is 15.6 Å². The molecule has 2 aromatic carbocycles. The maximum absolute atomic E-state index is 14.7. The van der Waals surface area contributed by atoms with Crippen molar-refractivity contribution in [1.29, 1.82) is 0 Å². The average Bonchev–Trinajstić information content (AvgIpc) is 3.47. The molecule has 0 atom stereocenters. The molecule has 0 bridgehead atoms. The molecular formula is C21H21Cl2FN4O. The quantitative estimate of drug-likeness (QED) is 0.646. The van der Waals surface area contributed by atoms with Gasteiger partial charge >= 0.3 is 0 Å². The van der Waals surface area contributed by atoms with Crippen LogP contribution in [0.15, 0.2) is 41.5 Å². The van der Waals surface area contributed by atoms with E-state index in [4.69, 9.17) is 11.6 Å². The van der Waals surface area contributed by atoms with Crippen LogP contribution in [0.5, 0.6) is 0 Å². The summed E-state index contributed by atoms with van der Waals surface area (Å²) in [4.78, 5) is 17.0. The van der Waals surface area contributed by atoms with E-state index in [-0.39, 0.29) is 29.5 Å². The third kappa shape index (κ3) is 3.29. The molecule has 1 saturated heterocycles. The van der Waals surface area contributed by atoms with Crippen molar-refractivity contribution < 1.29 is 4.39 Å². The molecule has 5 rings (SSSR count). The van der Waals surface area contributed by atoms with Crippen molar-refractivity contribution in [2.24, 2.45) is 0 Å². The van der Waals surface area contributed by atoms with E-state index < -0.39 is 11.4 Å². The van der Waals surface area contributed by atoms with Crippen molar-refractivity contribution in [1.82, 2.24) is 14.9 Å². The van der Waals surface area contributed by atoms with Gasteiger partial charge in [0, 0.05) is 29.8 Å². The third-order valence-electron chi connectivity index (χ3n) is 5.80. The molecule has 0 spiro atoms. The van der Waals surface area contributed by atoms with Crippen molar-refractivity contribution in [3.8, 4) is 0 Å². The highest BCUT2D eigenvalue weighted by molar-refractivity contribution is 6.31. The van der Waals surface area contributed by atoms with Crippen molar-refractivity contribution in [2.75, 3.05) is 18.4 Å². The van der Waals surface area contributed by atoms with Crippen LogP contribution in [0.3, 0.4) is 0 Å². The molecule has 2 aliphatic rings. The summed E-state index contributed by atoms with van der Waals surface area (Å²) in [6.45, 7) is 3.36. The Kier molecular flexibility index (Phi) is 5.05. The van der Waals surface area contributed by atoms with Gasteiger partial charge in [0.05, 0.1) is 17.3 Å². The highest BCUT2D eigenvalue weighted by atomic mass is 35.5. The molecular weight excluding hydrogens is 414 g/mol. The van der Waals surface area contributed by atoms with Gasteiger partial charge in [-0.1, -0.05) is 23.7 Å². The molecule has 1 aromatic heterocycles. The summed E-state index contributed by atoms with van der Waals surface area (Å²) in [7, 11) is 0. The Morgan fingerprint density at radius 3 is 2.72 bits per heavy atom. The number of rotatable bonds is 4. The molecule has 152 valence electrons. The van der Waals surface area contributed by atoms with Gasteiger partial charge in [-0.05, 0) is 49.1 Å². The number of nitrogens with zero attached hydrogens (tertiary/aromatic N) is 2.